The number of rotatable bonds is 6. The molecule has 3 heterocycles. The normalized spacial score (nSPS) is 16.7. The lowest BCUT2D eigenvalue weighted by atomic mass is 10.1. The number of aromatic nitrogens is 3. The van der Waals surface area contributed by atoms with Crippen LogP contribution in [0.15, 0.2) is 18.5 Å². The molecule has 1 saturated heterocycles. The van der Waals surface area contributed by atoms with Crippen molar-refractivity contribution in [2.75, 3.05) is 35.6 Å². The van der Waals surface area contributed by atoms with Crippen LogP contribution in [-0.2, 0) is 10.0 Å². The van der Waals surface area contributed by atoms with Gasteiger partial charge < -0.3 is 16.0 Å². The largest absolute Gasteiger partial charge is 0.356 e. The van der Waals surface area contributed by atoms with Crippen LogP contribution in [0.1, 0.15) is 35.3 Å². The number of aryl methyl sites for hydroxylation is 1. The van der Waals surface area contributed by atoms with E-state index in [-0.39, 0.29) is 60.2 Å². The molecule has 1 fully saturated rings. The first kappa shape index (κ1) is 23.4. The van der Waals surface area contributed by atoms with Gasteiger partial charge in [-0.05, 0) is 19.4 Å². The second-order valence-corrected chi connectivity index (χ2v) is 9.64. The molecule has 0 spiro atoms. The number of carbonyl (C=O) groups is 1. The SMILES string of the molecule is Cc1nc(N2CCCC(F)(F)CC2)c(C(=O)Nc2cnn(S(=O)(=O)CCN)c2)cc1Cl. The van der Waals surface area contributed by atoms with Crippen LogP contribution in [0.3, 0.4) is 0 Å². The van der Waals surface area contributed by atoms with E-state index in [1.54, 1.807) is 11.8 Å². The minimum absolute atomic E-state index is 0.0383. The molecule has 3 N–H and O–H groups in total. The van der Waals surface area contributed by atoms with Gasteiger partial charge in [0.2, 0.25) is 5.92 Å². The molecule has 0 unspecified atom stereocenters. The van der Waals surface area contributed by atoms with E-state index in [1.807, 2.05) is 0 Å². The highest BCUT2D eigenvalue weighted by Gasteiger charge is 2.33. The van der Waals surface area contributed by atoms with Gasteiger partial charge in [0.15, 0.2) is 0 Å². The van der Waals surface area contributed by atoms with Crippen molar-refractivity contribution in [2.45, 2.75) is 32.1 Å². The number of alkyl halides is 2. The number of nitrogens with one attached hydrogen (secondary N) is 1. The molecular weight excluding hydrogens is 454 g/mol. The van der Waals surface area contributed by atoms with E-state index in [9.17, 15) is 22.0 Å². The number of anilines is 2. The Morgan fingerprint density at radius 1 is 1.35 bits per heavy atom. The molecule has 0 atom stereocenters. The van der Waals surface area contributed by atoms with Crippen LogP contribution in [-0.4, -0.2) is 59.8 Å². The molecule has 0 aliphatic carbocycles. The van der Waals surface area contributed by atoms with Crippen LogP contribution >= 0.6 is 11.6 Å². The van der Waals surface area contributed by atoms with Gasteiger partial charge in [-0.1, -0.05) is 11.6 Å². The third-order valence-electron chi connectivity index (χ3n) is 4.87. The summed E-state index contributed by atoms with van der Waals surface area (Å²) >= 11 is 6.16. The number of hydrogen-bond acceptors (Lipinski definition) is 7. The predicted molar refractivity (Wildman–Crippen MR) is 113 cm³/mol. The van der Waals surface area contributed by atoms with Crippen molar-refractivity contribution in [3.8, 4) is 0 Å². The quantitative estimate of drug-likeness (QED) is 0.655. The molecule has 3 rings (SSSR count). The number of nitrogens with two attached hydrogens (primary N) is 1. The maximum atomic E-state index is 13.8. The van der Waals surface area contributed by atoms with Gasteiger partial charge in [0, 0.05) is 32.5 Å². The first-order chi connectivity index (χ1) is 14.5. The average molecular weight is 477 g/mol. The Morgan fingerprint density at radius 3 is 2.81 bits per heavy atom. The van der Waals surface area contributed by atoms with Crippen molar-refractivity contribution >= 4 is 39.0 Å². The zero-order chi connectivity index (χ0) is 22.8. The summed E-state index contributed by atoms with van der Waals surface area (Å²) in [4.78, 5) is 19.0. The Balaban J connectivity index is 1.88. The van der Waals surface area contributed by atoms with E-state index in [2.05, 4.69) is 15.4 Å². The Hall–Kier alpha value is -2.31. The van der Waals surface area contributed by atoms with Gasteiger partial charge >= 0.3 is 0 Å². The average Bonchev–Trinajstić information content (AvgIpc) is 3.08. The summed E-state index contributed by atoms with van der Waals surface area (Å²) in [5.41, 5.74) is 5.99. The molecule has 31 heavy (non-hydrogen) atoms. The van der Waals surface area contributed by atoms with Gasteiger partial charge in [0.25, 0.3) is 15.9 Å². The van der Waals surface area contributed by atoms with Gasteiger partial charge in [0.05, 0.1) is 40.1 Å². The van der Waals surface area contributed by atoms with Gasteiger partial charge in [-0.2, -0.15) is 9.19 Å². The minimum Gasteiger partial charge on any atom is -0.356 e. The molecule has 13 heteroatoms. The monoisotopic (exact) mass is 476 g/mol. The summed E-state index contributed by atoms with van der Waals surface area (Å²) in [5.74, 6) is -3.43. The summed E-state index contributed by atoms with van der Waals surface area (Å²) in [6.07, 6.45) is 2.01. The lowest BCUT2D eigenvalue weighted by Crippen LogP contribution is -2.29. The number of carbonyl (C=O) groups excluding carboxylic acids is 1. The molecule has 0 radical (unpaired) electrons. The highest BCUT2D eigenvalue weighted by molar-refractivity contribution is 7.89. The number of pyridine rings is 1. The molecule has 9 nitrogen and oxygen atoms in total. The highest BCUT2D eigenvalue weighted by Crippen LogP contribution is 2.32. The van der Waals surface area contributed by atoms with Crippen molar-refractivity contribution in [3.05, 3.63) is 34.7 Å². The fourth-order valence-electron chi connectivity index (χ4n) is 3.21. The zero-order valence-corrected chi connectivity index (χ0v) is 18.4. The first-order valence-corrected chi connectivity index (χ1v) is 11.6. The number of nitrogens with zero attached hydrogens (tertiary/aromatic N) is 4. The second kappa shape index (κ2) is 9.05. The summed E-state index contributed by atoms with van der Waals surface area (Å²) in [7, 11) is -3.73. The third kappa shape index (κ3) is 5.49. The summed E-state index contributed by atoms with van der Waals surface area (Å²) in [5, 5.41) is 6.55. The third-order valence-corrected chi connectivity index (χ3v) is 6.78. The van der Waals surface area contributed by atoms with Crippen molar-refractivity contribution in [1.29, 1.82) is 0 Å². The standard InChI is InChI=1S/C18H23ClF2N6O3S/c1-12-15(19)9-14(16(24-12)26-6-2-3-18(20,21)4-7-26)17(28)25-13-10-23-27(11-13)31(29,30)8-5-22/h9-11H,2-8,22H2,1H3,(H,25,28). The summed E-state index contributed by atoms with van der Waals surface area (Å²) in [6, 6.07) is 1.42. The number of hydrogen-bond donors (Lipinski definition) is 2. The second-order valence-electron chi connectivity index (χ2n) is 7.28. The van der Waals surface area contributed by atoms with E-state index in [1.165, 1.54) is 12.3 Å². The molecule has 0 saturated carbocycles. The molecule has 0 aromatic carbocycles. The van der Waals surface area contributed by atoms with Crippen molar-refractivity contribution < 1.29 is 22.0 Å². The van der Waals surface area contributed by atoms with Crippen LogP contribution < -0.4 is 16.0 Å². The fraction of sp³-hybridized carbons (Fsp3) is 0.500. The van der Waals surface area contributed by atoms with E-state index < -0.39 is 21.9 Å². The smallest absolute Gasteiger partial charge is 0.259 e. The molecule has 170 valence electrons. The first-order valence-electron chi connectivity index (χ1n) is 9.62. The van der Waals surface area contributed by atoms with Crippen molar-refractivity contribution in [2.24, 2.45) is 5.73 Å². The maximum Gasteiger partial charge on any atom is 0.259 e. The lowest BCUT2D eigenvalue weighted by Gasteiger charge is -2.24. The Labute approximate surface area is 183 Å². The topological polar surface area (TPSA) is 123 Å². The Morgan fingerprint density at radius 2 is 2.10 bits per heavy atom. The maximum absolute atomic E-state index is 13.8. The van der Waals surface area contributed by atoms with Gasteiger partial charge in [-0.15, -0.1) is 0 Å². The van der Waals surface area contributed by atoms with Crippen molar-refractivity contribution in [3.63, 3.8) is 0 Å². The molecule has 0 bridgehead atoms. The van der Waals surface area contributed by atoms with Crippen LogP contribution in [0.25, 0.3) is 0 Å². The Bertz CT molecular complexity index is 1080. The molecular formula is C18H23ClF2N6O3S. The Kier molecular flexibility index (Phi) is 6.82. The number of halogens is 3. The van der Waals surface area contributed by atoms with Crippen molar-refractivity contribution in [1.82, 2.24) is 14.2 Å². The highest BCUT2D eigenvalue weighted by atomic mass is 35.5. The molecule has 1 aliphatic rings. The van der Waals surface area contributed by atoms with E-state index >= 15 is 0 Å². The summed E-state index contributed by atoms with van der Waals surface area (Å²) in [6.45, 7) is 1.94. The van der Waals surface area contributed by atoms with Gasteiger partial charge in [0.1, 0.15) is 5.82 Å². The van der Waals surface area contributed by atoms with Crippen LogP contribution in [0.5, 0.6) is 0 Å². The molecule has 1 amide bonds. The van der Waals surface area contributed by atoms with Gasteiger partial charge in [-0.3, -0.25) is 4.79 Å². The minimum atomic E-state index is -3.73. The van der Waals surface area contributed by atoms with E-state index in [4.69, 9.17) is 17.3 Å². The lowest BCUT2D eigenvalue weighted by molar-refractivity contribution is -0.0102. The molecule has 1 aliphatic heterocycles. The van der Waals surface area contributed by atoms with Gasteiger partial charge in [-0.25, -0.2) is 22.2 Å². The summed E-state index contributed by atoms with van der Waals surface area (Å²) < 4.78 is 52.4. The predicted octanol–water partition coefficient (Wildman–Crippen LogP) is 2.25. The molecule has 2 aromatic rings. The fourth-order valence-corrected chi connectivity index (χ4v) is 4.32. The van der Waals surface area contributed by atoms with Crippen LogP contribution in [0, 0.1) is 6.92 Å². The number of amides is 1. The van der Waals surface area contributed by atoms with Crippen LogP contribution in [0.2, 0.25) is 5.02 Å². The van der Waals surface area contributed by atoms with Crippen LogP contribution in [0.4, 0.5) is 20.3 Å². The zero-order valence-electron chi connectivity index (χ0n) is 16.8. The molecule has 2 aromatic heterocycles. The van der Waals surface area contributed by atoms with E-state index in [0.717, 1.165) is 10.3 Å². The van der Waals surface area contributed by atoms with E-state index in [0.29, 0.717) is 12.2 Å².